The molecule has 0 radical (unpaired) electrons. The van der Waals surface area contributed by atoms with E-state index in [9.17, 15) is 19.7 Å². The fourth-order valence-corrected chi connectivity index (χ4v) is 4.88. The summed E-state index contributed by atoms with van der Waals surface area (Å²) in [6.07, 6.45) is 2.16. The lowest BCUT2D eigenvalue weighted by molar-refractivity contribution is -0.404. The summed E-state index contributed by atoms with van der Waals surface area (Å²) < 4.78 is 0. The predicted molar refractivity (Wildman–Crippen MR) is 181 cm³/mol. The van der Waals surface area contributed by atoms with Crippen LogP contribution in [-0.4, -0.2) is 100 Å². The van der Waals surface area contributed by atoms with E-state index in [-0.39, 0.29) is 18.1 Å². The number of aromatic hydroxyl groups is 1. The van der Waals surface area contributed by atoms with Crippen LogP contribution in [0.15, 0.2) is 46.7 Å². The van der Waals surface area contributed by atoms with Crippen molar-refractivity contribution in [2.45, 2.75) is 43.6 Å². The fraction of sp³-hybridized carbons (Fsp3) is 0.481. The van der Waals surface area contributed by atoms with Crippen molar-refractivity contribution in [1.82, 2.24) is 20.5 Å². The SMILES string of the molecule is CN/C(=C\[N+](=O)[O-])NCCSCc1csc(CN(C)C)n1.NC(Cc1ccc(O)cc1)C(=O)O.NC(N)=NCCCC(N)C(=O)O. The first kappa shape index (κ1) is 41.8. The van der Waals surface area contributed by atoms with Crippen molar-refractivity contribution < 1.29 is 29.8 Å². The smallest absolute Gasteiger partial charge is 0.320 e. The normalized spacial score (nSPS) is 12.0. The minimum absolute atomic E-state index is 0.0129. The number of aliphatic imine (C=N–C) groups is 1. The number of nitrogens with two attached hydrogens (primary N) is 4. The highest BCUT2D eigenvalue weighted by Crippen LogP contribution is 2.16. The molecule has 0 aliphatic heterocycles. The van der Waals surface area contributed by atoms with E-state index in [0.717, 1.165) is 40.5 Å². The average molecular weight is 687 g/mol. The highest BCUT2D eigenvalue weighted by Gasteiger charge is 2.12. The van der Waals surface area contributed by atoms with Crippen LogP contribution >= 0.6 is 23.1 Å². The molecule has 0 saturated carbocycles. The second kappa shape index (κ2) is 24.1. The molecule has 2 atom stereocenters. The first-order chi connectivity index (χ1) is 21.6. The number of rotatable bonds is 18. The molecule has 1 heterocycles. The molecule has 0 aliphatic carbocycles. The molecular weight excluding hydrogens is 640 g/mol. The van der Waals surface area contributed by atoms with E-state index in [1.54, 1.807) is 42.3 Å². The molecule has 0 aliphatic rings. The summed E-state index contributed by atoms with van der Waals surface area (Å²) >= 11 is 3.43. The molecule has 1 aromatic heterocycles. The van der Waals surface area contributed by atoms with Gasteiger partial charge in [-0.3, -0.25) is 24.7 Å². The Hall–Kier alpha value is -4.17. The van der Waals surface area contributed by atoms with E-state index in [1.165, 1.54) is 12.1 Å². The molecule has 2 rings (SSSR count). The summed E-state index contributed by atoms with van der Waals surface area (Å²) in [6.45, 7) is 1.96. The summed E-state index contributed by atoms with van der Waals surface area (Å²) in [5, 5.41) is 45.2. The Bertz CT molecular complexity index is 1240. The molecule has 46 heavy (non-hydrogen) atoms. The summed E-state index contributed by atoms with van der Waals surface area (Å²) in [5.41, 5.74) is 22.5. The number of hydrogen-bond acceptors (Lipinski definition) is 14. The number of aliphatic carboxylic acids is 2. The number of phenols is 1. The van der Waals surface area contributed by atoms with Gasteiger partial charge in [0.2, 0.25) is 0 Å². The van der Waals surface area contributed by atoms with Gasteiger partial charge in [0.15, 0.2) is 11.8 Å². The van der Waals surface area contributed by atoms with Gasteiger partial charge >= 0.3 is 11.9 Å². The first-order valence-electron chi connectivity index (χ1n) is 13.9. The molecule has 2 unspecified atom stereocenters. The van der Waals surface area contributed by atoms with Crippen LogP contribution in [0.4, 0.5) is 0 Å². The van der Waals surface area contributed by atoms with E-state index in [4.69, 9.17) is 38.3 Å². The van der Waals surface area contributed by atoms with Crippen molar-refractivity contribution in [1.29, 1.82) is 0 Å². The van der Waals surface area contributed by atoms with Gasteiger partial charge in [-0.25, -0.2) is 4.98 Å². The van der Waals surface area contributed by atoms with Crippen molar-refractivity contribution >= 4 is 41.0 Å². The van der Waals surface area contributed by atoms with E-state index in [0.29, 0.717) is 31.8 Å². The molecular formula is C27H46N10O7S2. The van der Waals surface area contributed by atoms with Gasteiger partial charge < -0.3 is 53.8 Å². The Labute approximate surface area is 276 Å². The topological polar surface area (TPSA) is 295 Å². The standard InChI is InChI=1S/C12H21N5O2S2.C9H11NO3.C6H14N4O2/c1-13-11(6-17(18)19)14-4-5-20-8-10-9-21-12(15-10)7-16(2)3;10-8(9(12)13)5-6-1-3-7(11)4-2-6;7-4(5(11)12)2-1-3-10-6(8)9/h6,9,13-14H,4-5,7-8H2,1-3H3;1-4,8,11H,5,10H2,(H,12,13);4H,1-3,7H2,(H,11,12)(H4,8,9,10)/b11-6+;;. The number of nitro groups is 1. The highest BCUT2D eigenvalue weighted by molar-refractivity contribution is 7.98. The number of phenolic OH excluding ortho intramolecular Hbond substituents is 1. The Balaban J connectivity index is 0.000000701. The zero-order valence-corrected chi connectivity index (χ0v) is 27.8. The van der Waals surface area contributed by atoms with Gasteiger partial charge in [-0.2, -0.15) is 11.8 Å². The lowest BCUT2D eigenvalue weighted by atomic mass is 10.1. The number of nitrogens with zero attached hydrogens (tertiary/aromatic N) is 4. The molecule has 17 nitrogen and oxygen atoms in total. The second-order valence-electron chi connectivity index (χ2n) is 9.74. The quantitative estimate of drug-likeness (QED) is 0.0331. The number of carbonyl (C=O) groups is 2. The summed E-state index contributed by atoms with van der Waals surface area (Å²) in [5.74, 6) is 0.290. The maximum absolute atomic E-state index is 10.4. The number of guanidine groups is 1. The average Bonchev–Trinajstić information content (AvgIpc) is 3.42. The van der Waals surface area contributed by atoms with Gasteiger partial charge in [0.1, 0.15) is 22.8 Å². The molecule has 258 valence electrons. The number of carboxylic acid groups (broad SMARTS) is 2. The monoisotopic (exact) mass is 686 g/mol. The van der Waals surface area contributed by atoms with Gasteiger partial charge in [-0.15, -0.1) is 11.3 Å². The van der Waals surface area contributed by atoms with Gasteiger partial charge in [-0.1, -0.05) is 12.1 Å². The molecule has 13 N–H and O–H groups in total. The van der Waals surface area contributed by atoms with Crippen LogP contribution in [0, 0.1) is 10.1 Å². The zero-order chi connectivity index (χ0) is 35.1. The van der Waals surface area contributed by atoms with E-state index in [2.05, 4.69) is 30.9 Å². The van der Waals surface area contributed by atoms with E-state index in [1.807, 2.05) is 14.1 Å². The van der Waals surface area contributed by atoms with E-state index >= 15 is 0 Å². The van der Waals surface area contributed by atoms with Crippen LogP contribution in [0.25, 0.3) is 0 Å². The van der Waals surface area contributed by atoms with Crippen LogP contribution in [0.1, 0.15) is 29.1 Å². The van der Waals surface area contributed by atoms with E-state index < -0.39 is 28.9 Å². The zero-order valence-electron chi connectivity index (χ0n) is 26.2. The lowest BCUT2D eigenvalue weighted by Crippen LogP contribution is -2.32. The number of nitrogens with one attached hydrogen (secondary N) is 2. The van der Waals surface area contributed by atoms with Crippen molar-refractivity contribution in [2.75, 3.05) is 40.0 Å². The number of thiazole rings is 1. The Kier molecular flexibility index (Phi) is 21.9. The largest absolute Gasteiger partial charge is 0.508 e. The minimum Gasteiger partial charge on any atom is -0.508 e. The number of thioether (sulfide) groups is 1. The first-order valence-corrected chi connectivity index (χ1v) is 15.9. The van der Waals surface area contributed by atoms with Crippen LogP contribution in [0.3, 0.4) is 0 Å². The van der Waals surface area contributed by atoms with Gasteiger partial charge in [-0.05, 0) is 51.1 Å². The van der Waals surface area contributed by atoms with Crippen molar-refractivity contribution in [3.8, 4) is 5.75 Å². The number of aromatic nitrogens is 1. The third kappa shape index (κ3) is 22.4. The fourth-order valence-electron chi connectivity index (χ4n) is 3.11. The van der Waals surface area contributed by atoms with Gasteiger partial charge in [0.05, 0.1) is 10.6 Å². The molecule has 0 saturated heterocycles. The number of hydrogen-bond donors (Lipinski definition) is 9. The molecule has 0 amide bonds. The molecule has 19 heteroatoms. The maximum Gasteiger partial charge on any atom is 0.320 e. The molecule has 0 bridgehead atoms. The summed E-state index contributed by atoms with van der Waals surface area (Å²) in [7, 11) is 5.70. The van der Waals surface area contributed by atoms with Crippen LogP contribution in [0.2, 0.25) is 0 Å². The lowest BCUT2D eigenvalue weighted by Gasteiger charge is -2.07. The van der Waals surface area contributed by atoms with Crippen LogP contribution in [-0.2, 0) is 28.3 Å². The Morgan fingerprint density at radius 1 is 1.17 bits per heavy atom. The molecule has 0 fully saturated rings. The van der Waals surface area contributed by atoms with Crippen molar-refractivity contribution in [3.63, 3.8) is 0 Å². The maximum atomic E-state index is 10.4. The highest BCUT2D eigenvalue weighted by atomic mass is 32.2. The minimum atomic E-state index is -1.02. The third-order valence-corrected chi connectivity index (χ3v) is 7.24. The Morgan fingerprint density at radius 3 is 2.33 bits per heavy atom. The third-order valence-electron chi connectivity index (χ3n) is 5.36. The second-order valence-corrected chi connectivity index (χ2v) is 11.8. The van der Waals surface area contributed by atoms with Gasteiger partial charge in [0, 0.05) is 43.6 Å². The molecule has 2 aromatic rings. The van der Waals surface area contributed by atoms with Crippen molar-refractivity contribution in [3.05, 3.63) is 68.0 Å². The molecule has 0 spiro atoms. The summed E-state index contributed by atoms with van der Waals surface area (Å²) in [4.78, 5) is 40.8. The Morgan fingerprint density at radius 2 is 1.80 bits per heavy atom. The number of benzene rings is 1. The number of carboxylic acids is 2. The van der Waals surface area contributed by atoms with Crippen LogP contribution < -0.4 is 33.6 Å². The van der Waals surface area contributed by atoms with Crippen LogP contribution in [0.5, 0.6) is 5.75 Å². The summed E-state index contributed by atoms with van der Waals surface area (Å²) in [6, 6.07) is 4.60. The van der Waals surface area contributed by atoms with Gasteiger partial charge in [0.25, 0.3) is 6.20 Å². The molecule has 1 aromatic carbocycles. The predicted octanol–water partition coefficient (Wildman–Crippen LogP) is 0.121. The van der Waals surface area contributed by atoms with Crippen molar-refractivity contribution in [2.24, 2.45) is 27.9 Å².